The second-order valence-corrected chi connectivity index (χ2v) is 3.13. The Morgan fingerprint density at radius 2 is 2.23 bits per heavy atom. The maximum Gasteiger partial charge on any atom is 0.246 e. The van der Waals surface area contributed by atoms with Crippen LogP contribution in [-0.4, -0.2) is 36.4 Å². The summed E-state index contributed by atoms with van der Waals surface area (Å²) in [4.78, 5) is 13.0. The number of rotatable bonds is 3. The Balaban J connectivity index is 4.44. The first-order valence-corrected chi connectivity index (χ1v) is 4.33. The summed E-state index contributed by atoms with van der Waals surface area (Å²) in [6, 6.07) is 1.87. The van der Waals surface area contributed by atoms with E-state index in [1.54, 1.807) is 14.1 Å². The Morgan fingerprint density at radius 1 is 1.69 bits per heavy atom. The van der Waals surface area contributed by atoms with E-state index in [-0.39, 0.29) is 5.91 Å². The molecule has 0 aliphatic heterocycles. The monoisotopic (exact) mass is 199 g/mol. The number of carbonyl (C=O) groups is 1. The highest BCUT2D eigenvalue weighted by Crippen LogP contribution is 2.00. The zero-order valence-electron chi connectivity index (χ0n) is 8.00. The highest BCUT2D eigenvalue weighted by molar-refractivity contribution is 7.80. The summed E-state index contributed by atoms with van der Waals surface area (Å²) < 4.78 is 0. The summed E-state index contributed by atoms with van der Waals surface area (Å²) in [5.41, 5.74) is 0. The van der Waals surface area contributed by atoms with Gasteiger partial charge in [0.1, 0.15) is 4.99 Å². The lowest BCUT2D eigenvalue weighted by Crippen LogP contribution is -2.38. The number of hydrogen-bond acceptors (Lipinski definition) is 3. The Morgan fingerprint density at radius 3 is 2.54 bits per heavy atom. The van der Waals surface area contributed by atoms with Gasteiger partial charge in [-0.1, -0.05) is 12.2 Å². The topological polar surface area (TPSA) is 56.1 Å². The van der Waals surface area contributed by atoms with Crippen LogP contribution in [0, 0.1) is 17.2 Å². The Hall–Kier alpha value is -1.15. The fourth-order valence-corrected chi connectivity index (χ4v) is 1.06. The van der Waals surface area contributed by atoms with E-state index in [9.17, 15) is 4.79 Å². The summed E-state index contributed by atoms with van der Waals surface area (Å²) in [5.74, 6) is -1.14. The second-order valence-electron chi connectivity index (χ2n) is 2.69. The third kappa shape index (κ3) is 3.38. The van der Waals surface area contributed by atoms with Crippen LogP contribution in [0.2, 0.25) is 0 Å². The van der Waals surface area contributed by atoms with E-state index in [1.165, 1.54) is 4.90 Å². The van der Waals surface area contributed by atoms with Crippen LogP contribution in [0.1, 0.15) is 6.92 Å². The number of nitrogens with zero attached hydrogens (tertiary/aromatic N) is 2. The van der Waals surface area contributed by atoms with Gasteiger partial charge in [0.25, 0.3) is 0 Å². The van der Waals surface area contributed by atoms with Gasteiger partial charge in [0.2, 0.25) is 5.91 Å². The van der Waals surface area contributed by atoms with Crippen LogP contribution in [0.25, 0.3) is 0 Å². The molecule has 0 bridgehead atoms. The lowest BCUT2D eigenvalue weighted by atomic mass is 10.1. The van der Waals surface area contributed by atoms with Gasteiger partial charge in [-0.25, -0.2) is 0 Å². The van der Waals surface area contributed by atoms with Crippen LogP contribution in [-0.2, 0) is 4.79 Å². The van der Waals surface area contributed by atoms with E-state index < -0.39 is 5.92 Å². The molecular formula is C8H13N3OS. The molecule has 1 atom stereocenters. The quantitative estimate of drug-likeness (QED) is 0.657. The SMILES string of the molecule is CCNC(=S)C(C#N)C(=O)N(C)C. The molecule has 1 N–H and O–H groups in total. The van der Waals surface area contributed by atoms with Gasteiger partial charge in [-0.05, 0) is 6.92 Å². The minimum atomic E-state index is -0.857. The molecule has 0 spiro atoms. The number of amides is 1. The molecule has 0 saturated heterocycles. The zero-order chi connectivity index (χ0) is 10.4. The molecule has 0 aliphatic rings. The first kappa shape index (κ1) is 11.8. The molecule has 0 aliphatic carbocycles. The molecule has 5 heteroatoms. The van der Waals surface area contributed by atoms with Crippen molar-refractivity contribution in [1.82, 2.24) is 10.2 Å². The van der Waals surface area contributed by atoms with E-state index in [0.717, 1.165) is 0 Å². The highest BCUT2D eigenvalue weighted by atomic mass is 32.1. The molecule has 0 aromatic carbocycles. The number of thiocarbonyl (C=S) groups is 1. The van der Waals surface area contributed by atoms with Crippen molar-refractivity contribution in [2.45, 2.75) is 6.92 Å². The van der Waals surface area contributed by atoms with E-state index in [0.29, 0.717) is 11.5 Å². The molecule has 0 saturated carbocycles. The molecule has 1 amide bonds. The van der Waals surface area contributed by atoms with Crippen LogP contribution in [0.3, 0.4) is 0 Å². The average molecular weight is 199 g/mol. The Labute approximate surface area is 83.5 Å². The summed E-state index contributed by atoms with van der Waals surface area (Å²) in [5, 5.41) is 11.5. The van der Waals surface area contributed by atoms with Crippen molar-refractivity contribution in [2.24, 2.45) is 5.92 Å². The minimum absolute atomic E-state index is 0.284. The predicted molar refractivity (Wildman–Crippen MR) is 54.1 cm³/mol. The second kappa shape index (κ2) is 5.49. The summed E-state index contributed by atoms with van der Waals surface area (Å²) in [6.07, 6.45) is 0. The normalized spacial score (nSPS) is 11.2. The van der Waals surface area contributed by atoms with Gasteiger partial charge in [-0.3, -0.25) is 4.79 Å². The molecule has 0 rings (SSSR count). The maximum atomic E-state index is 11.4. The van der Waals surface area contributed by atoms with Crippen LogP contribution in [0.5, 0.6) is 0 Å². The predicted octanol–water partition coefficient (Wildman–Crippen LogP) is 0.151. The van der Waals surface area contributed by atoms with Crippen molar-refractivity contribution in [3.05, 3.63) is 0 Å². The van der Waals surface area contributed by atoms with Crippen LogP contribution >= 0.6 is 12.2 Å². The fraction of sp³-hybridized carbons (Fsp3) is 0.625. The number of nitrogens with one attached hydrogen (secondary N) is 1. The van der Waals surface area contributed by atoms with Crippen LogP contribution in [0.4, 0.5) is 0 Å². The lowest BCUT2D eigenvalue weighted by Gasteiger charge is -2.15. The smallest absolute Gasteiger partial charge is 0.246 e. The largest absolute Gasteiger partial charge is 0.378 e. The van der Waals surface area contributed by atoms with Gasteiger partial charge in [-0.15, -0.1) is 0 Å². The van der Waals surface area contributed by atoms with E-state index in [2.05, 4.69) is 5.32 Å². The first-order chi connectivity index (χ1) is 6.04. The van der Waals surface area contributed by atoms with Crippen LogP contribution in [0.15, 0.2) is 0 Å². The van der Waals surface area contributed by atoms with Crippen molar-refractivity contribution in [1.29, 1.82) is 5.26 Å². The number of hydrogen-bond donors (Lipinski definition) is 1. The van der Waals surface area contributed by atoms with E-state index in [1.807, 2.05) is 13.0 Å². The van der Waals surface area contributed by atoms with Gasteiger partial charge in [0, 0.05) is 20.6 Å². The standard InChI is InChI=1S/C8H13N3OS/c1-4-10-7(13)6(5-9)8(12)11(2)3/h6H,4H2,1-3H3,(H,10,13). The Kier molecular flexibility index (Phi) is 5.00. The van der Waals surface area contributed by atoms with Gasteiger partial charge in [-0.2, -0.15) is 5.26 Å². The molecule has 0 aromatic heterocycles. The van der Waals surface area contributed by atoms with Crippen molar-refractivity contribution in [3.8, 4) is 6.07 Å². The molecule has 72 valence electrons. The molecule has 0 heterocycles. The molecule has 13 heavy (non-hydrogen) atoms. The molecular weight excluding hydrogens is 186 g/mol. The first-order valence-electron chi connectivity index (χ1n) is 3.93. The average Bonchev–Trinajstić information content (AvgIpc) is 2.05. The van der Waals surface area contributed by atoms with Gasteiger partial charge in [0.15, 0.2) is 5.92 Å². The number of nitriles is 1. The van der Waals surface area contributed by atoms with Crippen molar-refractivity contribution in [3.63, 3.8) is 0 Å². The molecule has 4 nitrogen and oxygen atoms in total. The van der Waals surface area contributed by atoms with Gasteiger partial charge < -0.3 is 10.2 Å². The molecule has 0 fully saturated rings. The molecule has 1 unspecified atom stereocenters. The Bertz CT molecular complexity index is 244. The van der Waals surface area contributed by atoms with Crippen molar-refractivity contribution >= 4 is 23.1 Å². The minimum Gasteiger partial charge on any atom is -0.378 e. The van der Waals surface area contributed by atoms with E-state index >= 15 is 0 Å². The summed E-state index contributed by atoms with van der Waals surface area (Å²) in [7, 11) is 3.20. The summed E-state index contributed by atoms with van der Waals surface area (Å²) in [6.45, 7) is 2.48. The molecule has 0 radical (unpaired) electrons. The third-order valence-corrected chi connectivity index (χ3v) is 1.81. The maximum absolute atomic E-state index is 11.4. The zero-order valence-corrected chi connectivity index (χ0v) is 8.81. The van der Waals surface area contributed by atoms with Crippen LogP contribution < -0.4 is 5.32 Å². The molecule has 0 aromatic rings. The van der Waals surface area contributed by atoms with Gasteiger partial charge in [0.05, 0.1) is 6.07 Å². The lowest BCUT2D eigenvalue weighted by molar-refractivity contribution is -0.129. The third-order valence-electron chi connectivity index (χ3n) is 1.43. The summed E-state index contributed by atoms with van der Waals surface area (Å²) >= 11 is 4.89. The van der Waals surface area contributed by atoms with Gasteiger partial charge >= 0.3 is 0 Å². The van der Waals surface area contributed by atoms with Crippen molar-refractivity contribution in [2.75, 3.05) is 20.6 Å². The highest BCUT2D eigenvalue weighted by Gasteiger charge is 2.23. The fourth-order valence-electron chi connectivity index (χ4n) is 0.760. The van der Waals surface area contributed by atoms with Crippen molar-refractivity contribution < 1.29 is 4.79 Å². The number of carbonyl (C=O) groups excluding carboxylic acids is 1. The van der Waals surface area contributed by atoms with E-state index in [4.69, 9.17) is 17.5 Å².